The van der Waals surface area contributed by atoms with E-state index < -0.39 is 5.82 Å². The lowest BCUT2D eigenvalue weighted by atomic mass is 9.86. The topological polar surface area (TPSA) is 78.0 Å². The molecule has 1 saturated carbocycles. The Bertz CT molecular complexity index is 686. The normalized spacial score (nSPS) is 21.1. The van der Waals surface area contributed by atoms with Crippen LogP contribution in [-0.4, -0.2) is 33.9 Å². The van der Waals surface area contributed by atoms with E-state index in [-0.39, 0.29) is 17.9 Å². The number of carbonyl (C=O) groups is 1. The molecule has 0 spiro atoms. The molecule has 1 heterocycles. The highest BCUT2D eigenvalue weighted by atomic mass is 19.1. The van der Waals surface area contributed by atoms with Crippen LogP contribution in [0.3, 0.4) is 0 Å². The minimum atomic E-state index is -0.409. The summed E-state index contributed by atoms with van der Waals surface area (Å²) >= 11 is 0. The Labute approximate surface area is 133 Å². The van der Waals surface area contributed by atoms with Gasteiger partial charge in [0, 0.05) is 18.0 Å². The number of rotatable bonds is 4. The summed E-state index contributed by atoms with van der Waals surface area (Å²) < 4.78 is 13.9. The Balaban J connectivity index is 1.71. The average Bonchev–Trinajstić information content (AvgIpc) is 3.04. The molecule has 1 aliphatic carbocycles. The Hall–Kier alpha value is -2.21. The number of benzene rings is 1. The lowest BCUT2D eigenvalue weighted by Gasteiger charge is -2.27. The van der Waals surface area contributed by atoms with Crippen LogP contribution in [0.4, 0.5) is 4.39 Å². The highest BCUT2D eigenvalue weighted by molar-refractivity contribution is 5.99. The number of halogens is 1. The molecule has 1 aliphatic rings. The number of hydrogen-bond donors (Lipinski definition) is 3. The first-order valence-corrected chi connectivity index (χ1v) is 7.91. The molecular weight excluding hydrogens is 297 g/mol. The first-order chi connectivity index (χ1) is 11.2. The van der Waals surface area contributed by atoms with Gasteiger partial charge in [0.2, 0.25) is 0 Å². The van der Waals surface area contributed by atoms with Crippen molar-refractivity contribution in [3.05, 3.63) is 41.8 Å². The largest absolute Gasteiger partial charge is 0.393 e. The summed E-state index contributed by atoms with van der Waals surface area (Å²) in [5, 5.41) is 19.4. The zero-order chi connectivity index (χ0) is 16.2. The molecule has 23 heavy (non-hydrogen) atoms. The summed E-state index contributed by atoms with van der Waals surface area (Å²) in [4.78, 5) is 12.4. The van der Waals surface area contributed by atoms with Crippen molar-refractivity contribution in [3.63, 3.8) is 0 Å². The molecule has 1 fully saturated rings. The van der Waals surface area contributed by atoms with E-state index in [9.17, 15) is 14.3 Å². The molecule has 0 unspecified atom stereocenters. The first-order valence-electron chi connectivity index (χ1n) is 7.91. The van der Waals surface area contributed by atoms with Crippen LogP contribution in [0.15, 0.2) is 30.5 Å². The summed E-state index contributed by atoms with van der Waals surface area (Å²) in [6.07, 6.45) is 4.84. The second-order valence-electron chi connectivity index (χ2n) is 5.96. The fourth-order valence-electron chi connectivity index (χ4n) is 3.07. The van der Waals surface area contributed by atoms with Crippen LogP contribution >= 0.6 is 0 Å². The molecule has 2 aromatic rings. The highest BCUT2D eigenvalue weighted by Crippen LogP contribution is 2.25. The van der Waals surface area contributed by atoms with E-state index in [1.165, 1.54) is 12.3 Å². The summed E-state index contributed by atoms with van der Waals surface area (Å²) in [6.45, 7) is 0.419. The van der Waals surface area contributed by atoms with Gasteiger partial charge in [-0.25, -0.2) is 4.39 Å². The van der Waals surface area contributed by atoms with E-state index in [4.69, 9.17) is 0 Å². The Morgan fingerprint density at radius 1 is 1.35 bits per heavy atom. The summed E-state index contributed by atoms with van der Waals surface area (Å²) in [7, 11) is 0. The molecule has 0 saturated heterocycles. The number of amides is 1. The predicted molar refractivity (Wildman–Crippen MR) is 84.3 cm³/mol. The van der Waals surface area contributed by atoms with Crippen LogP contribution in [-0.2, 0) is 0 Å². The number of aliphatic hydroxyl groups is 1. The predicted octanol–water partition coefficient (Wildman–Crippen LogP) is 2.50. The standard InChI is InChI=1S/C17H20FN3O2/c18-14-7-3-2-6-12(14)16-13(10-20-21-16)17(23)19-9-11-5-1-4-8-15(11)22/h2-3,6-7,10-11,15,22H,1,4-5,8-9H2,(H,19,23)(H,20,21)/t11-,15+/m1/s1. The van der Waals surface area contributed by atoms with E-state index in [1.54, 1.807) is 18.2 Å². The van der Waals surface area contributed by atoms with E-state index in [1.807, 2.05) is 0 Å². The van der Waals surface area contributed by atoms with Crippen LogP contribution in [0, 0.1) is 11.7 Å². The van der Waals surface area contributed by atoms with Gasteiger partial charge in [-0.1, -0.05) is 25.0 Å². The third kappa shape index (κ3) is 3.42. The maximum Gasteiger partial charge on any atom is 0.255 e. The molecular formula is C17H20FN3O2. The molecule has 1 amide bonds. The maximum atomic E-state index is 13.9. The van der Waals surface area contributed by atoms with E-state index in [0.29, 0.717) is 23.4 Å². The molecule has 3 N–H and O–H groups in total. The van der Waals surface area contributed by atoms with Crippen molar-refractivity contribution in [2.75, 3.05) is 6.54 Å². The molecule has 2 atom stereocenters. The van der Waals surface area contributed by atoms with Gasteiger partial charge >= 0.3 is 0 Å². The van der Waals surface area contributed by atoms with Crippen LogP contribution in [0.1, 0.15) is 36.0 Å². The van der Waals surface area contributed by atoms with Gasteiger partial charge in [0.1, 0.15) is 5.82 Å². The van der Waals surface area contributed by atoms with E-state index in [2.05, 4.69) is 15.5 Å². The molecule has 3 rings (SSSR count). The molecule has 0 bridgehead atoms. The smallest absolute Gasteiger partial charge is 0.255 e. The number of carbonyl (C=O) groups excluding carboxylic acids is 1. The van der Waals surface area contributed by atoms with Crippen molar-refractivity contribution < 1.29 is 14.3 Å². The fraction of sp³-hybridized carbons (Fsp3) is 0.412. The zero-order valence-electron chi connectivity index (χ0n) is 12.8. The molecule has 122 valence electrons. The Morgan fingerprint density at radius 3 is 2.91 bits per heavy atom. The summed E-state index contributed by atoms with van der Waals surface area (Å²) in [5.41, 5.74) is 0.984. The van der Waals surface area contributed by atoms with Crippen molar-refractivity contribution >= 4 is 5.91 Å². The quantitative estimate of drug-likeness (QED) is 0.811. The van der Waals surface area contributed by atoms with Crippen LogP contribution < -0.4 is 5.32 Å². The second-order valence-corrected chi connectivity index (χ2v) is 5.96. The molecule has 0 aliphatic heterocycles. The number of aromatic nitrogens is 2. The third-order valence-electron chi connectivity index (χ3n) is 4.42. The number of nitrogens with zero attached hydrogens (tertiary/aromatic N) is 1. The maximum absolute atomic E-state index is 13.9. The van der Waals surface area contributed by atoms with E-state index >= 15 is 0 Å². The Morgan fingerprint density at radius 2 is 2.13 bits per heavy atom. The zero-order valence-corrected chi connectivity index (χ0v) is 12.8. The van der Waals surface area contributed by atoms with Gasteiger partial charge in [-0.05, 0) is 25.0 Å². The highest BCUT2D eigenvalue weighted by Gasteiger charge is 2.24. The van der Waals surface area contributed by atoms with Crippen LogP contribution in [0.25, 0.3) is 11.3 Å². The minimum absolute atomic E-state index is 0.0801. The van der Waals surface area contributed by atoms with Crippen molar-refractivity contribution in [1.29, 1.82) is 0 Å². The average molecular weight is 317 g/mol. The third-order valence-corrected chi connectivity index (χ3v) is 4.42. The number of hydrogen-bond acceptors (Lipinski definition) is 3. The summed E-state index contributed by atoms with van der Waals surface area (Å²) in [6, 6.07) is 6.25. The monoisotopic (exact) mass is 317 g/mol. The number of H-pyrrole nitrogens is 1. The van der Waals surface area contributed by atoms with Gasteiger partial charge in [-0.15, -0.1) is 0 Å². The van der Waals surface area contributed by atoms with Gasteiger partial charge in [-0.2, -0.15) is 5.10 Å². The Kier molecular flexibility index (Phi) is 4.71. The van der Waals surface area contributed by atoms with Crippen molar-refractivity contribution in [2.24, 2.45) is 5.92 Å². The van der Waals surface area contributed by atoms with Crippen LogP contribution in [0.5, 0.6) is 0 Å². The summed E-state index contributed by atoms with van der Waals surface area (Å²) in [5.74, 6) is -0.639. The lowest BCUT2D eigenvalue weighted by molar-refractivity contribution is 0.0663. The molecule has 1 aromatic heterocycles. The van der Waals surface area contributed by atoms with Gasteiger partial charge in [0.05, 0.1) is 23.6 Å². The number of aliphatic hydroxyl groups excluding tert-OH is 1. The van der Waals surface area contributed by atoms with Crippen molar-refractivity contribution in [3.8, 4) is 11.3 Å². The van der Waals surface area contributed by atoms with Crippen molar-refractivity contribution in [1.82, 2.24) is 15.5 Å². The van der Waals surface area contributed by atoms with Gasteiger partial charge in [0.15, 0.2) is 0 Å². The first kappa shape index (κ1) is 15.7. The van der Waals surface area contributed by atoms with Gasteiger partial charge < -0.3 is 10.4 Å². The molecule has 1 aromatic carbocycles. The minimum Gasteiger partial charge on any atom is -0.393 e. The second kappa shape index (κ2) is 6.91. The fourth-order valence-corrected chi connectivity index (χ4v) is 3.07. The number of nitrogens with one attached hydrogen (secondary N) is 2. The van der Waals surface area contributed by atoms with Crippen molar-refractivity contribution in [2.45, 2.75) is 31.8 Å². The lowest BCUT2D eigenvalue weighted by Crippen LogP contribution is -2.36. The van der Waals surface area contributed by atoms with Gasteiger partial charge in [0.25, 0.3) is 5.91 Å². The molecule has 5 nitrogen and oxygen atoms in total. The van der Waals surface area contributed by atoms with Gasteiger partial charge in [-0.3, -0.25) is 9.89 Å². The van der Waals surface area contributed by atoms with Crippen LogP contribution in [0.2, 0.25) is 0 Å². The number of aromatic amines is 1. The molecule has 6 heteroatoms. The SMILES string of the molecule is O=C(NC[C@H]1CCCC[C@@H]1O)c1cn[nH]c1-c1ccccc1F. The van der Waals surface area contributed by atoms with E-state index in [0.717, 1.165) is 25.7 Å². The molecule has 0 radical (unpaired) electrons.